The maximum atomic E-state index is 10.6. The van der Waals surface area contributed by atoms with Gasteiger partial charge < -0.3 is 15.5 Å². The second kappa shape index (κ2) is 4.31. The van der Waals surface area contributed by atoms with Gasteiger partial charge in [0.15, 0.2) is 0 Å². The third-order valence-electron chi connectivity index (χ3n) is 2.85. The summed E-state index contributed by atoms with van der Waals surface area (Å²) in [6.07, 6.45) is -0.688. The van der Waals surface area contributed by atoms with Crippen LogP contribution >= 0.6 is 11.6 Å². The lowest BCUT2D eigenvalue weighted by Crippen LogP contribution is -2.41. The van der Waals surface area contributed by atoms with Crippen LogP contribution in [-0.2, 0) is 6.42 Å². The van der Waals surface area contributed by atoms with Gasteiger partial charge in [0.05, 0.1) is 6.04 Å². The van der Waals surface area contributed by atoms with Crippen LogP contribution in [0.25, 0.3) is 0 Å². The van der Waals surface area contributed by atoms with Crippen molar-refractivity contribution in [2.24, 2.45) is 0 Å². The van der Waals surface area contributed by atoms with Gasteiger partial charge in [-0.15, -0.1) is 0 Å². The number of rotatable bonds is 1. The summed E-state index contributed by atoms with van der Waals surface area (Å²) in [6.45, 7) is 0. The summed E-state index contributed by atoms with van der Waals surface area (Å²) in [4.78, 5) is 10.6. The molecule has 2 unspecified atom stereocenters. The van der Waals surface area contributed by atoms with E-state index in [0.717, 1.165) is 12.0 Å². The Balaban J connectivity index is 2.30. The Morgan fingerprint density at radius 2 is 2.25 bits per heavy atom. The van der Waals surface area contributed by atoms with Crippen molar-refractivity contribution in [3.05, 3.63) is 34.3 Å². The molecule has 0 bridgehead atoms. The molecule has 16 heavy (non-hydrogen) atoms. The number of carboxylic acid groups (broad SMARTS) is 1. The first-order valence-corrected chi connectivity index (χ1v) is 5.42. The highest BCUT2D eigenvalue weighted by molar-refractivity contribution is 6.31. The molecule has 0 fully saturated rings. The maximum absolute atomic E-state index is 10.6. The van der Waals surface area contributed by atoms with Gasteiger partial charge in [0.25, 0.3) is 0 Å². The van der Waals surface area contributed by atoms with E-state index in [0.29, 0.717) is 17.0 Å². The number of amides is 1. The molecule has 0 radical (unpaired) electrons. The lowest BCUT2D eigenvalue weighted by molar-refractivity contribution is 0.109. The van der Waals surface area contributed by atoms with Gasteiger partial charge in [-0.25, -0.2) is 4.79 Å². The van der Waals surface area contributed by atoms with Crippen molar-refractivity contribution in [3.63, 3.8) is 0 Å². The Bertz CT molecular complexity index is 422. The number of benzene rings is 1. The van der Waals surface area contributed by atoms with E-state index in [4.69, 9.17) is 16.7 Å². The van der Waals surface area contributed by atoms with Crippen molar-refractivity contribution < 1.29 is 15.0 Å². The Kier molecular flexibility index (Phi) is 3.03. The van der Waals surface area contributed by atoms with E-state index in [1.54, 1.807) is 6.07 Å². The Morgan fingerprint density at radius 1 is 1.50 bits per heavy atom. The number of halogens is 1. The quantitative estimate of drug-likeness (QED) is 0.704. The molecule has 1 amide bonds. The summed E-state index contributed by atoms with van der Waals surface area (Å²) in [5.41, 5.74) is 1.64. The van der Waals surface area contributed by atoms with Crippen LogP contribution in [0.1, 0.15) is 23.7 Å². The largest absolute Gasteiger partial charge is 0.465 e. The zero-order valence-electron chi connectivity index (χ0n) is 8.48. The van der Waals surface area contributed by atoms with Crippen LogP contribution in [-0.4, -0.2) is 22.3 Å². The normalized spacial score (nSPS) is 23.6. The fourth-order valence-electron chi connectivity index (χ4n) is 2.11. The van der Waals surface area contributed by atoms with Gasteiger partial charge in [-0.05, 0) is 24.5 Å². The van der Waals surface area contributed by atoms with E-state index < -0.39 is 18.2 Å². The molecule has 1 aliphatic carbocycles. The minimum atomic E-state index is -1.13. The van der Waals surface area contributed by atoms with E-state index in [9.17, 15) is 9.90 Å². The highest BCUT2D eigenvalue weighted by atomic mass is 35.5. The number of hydrogen-bond donors (Lipinski definition) is 3. The lowest BCUT2D eigenvalue weighted by Gasteiger charge is -2.30. The molecule has 5 heteroatoms. The standard InChI is InChI=1S/C11H12ClNO3/c12-7-3-1-2-6-4-5-8(13-11(15)16)10(14)9(6)7/h1-3,8,10,13-14H,4-5H2,(H,15,16). The molecule has 1 aromatic carbocycles. The van der Waals surface area contributed by atoms with Gasteiger partial charge in [-0.1, -0.05) is 23.7 Å². The molecule has 0 saturated carbocycles. The first-order chi connectivity index (χ1) is 7.59. The molecular formula is C11H12ClNO3. The Morgan fingerprint density at radius 3 is 2.94 bits per heavy atom. The lowest BCUT2D eigenvalue weighted by atomic mass is 9.86. The third-order valence-corrected chi connectivity index (χ3v) is 3.18. The summed E-state index contributed by atoms with van der Waals surface area (Å²) in [5.74, 6) is 0. The Hall–Kier alpha value is -1.26. The van der Waals surface area contributed by atoms with Crippen LogP contribution in [0.15, 0.2) is 18.2 Å². The molecular weight excluding hydrogens is 230 g/mol. The van der Waals surface area contributed by atoms with Gasteiger partial charge in [-0.2, -0.15) is 0 Å². The van der Waals surface area contributed by atoms with E-state index >= 15 is 0 Å². The fourth-order valence-corrected chi connectivity index (χ4v) is 2.42. The average Bonchev–Trinajstić information content (AvgIpc) is 2.22. The molecule has 86 valence electrons. The Labute approximate surface area is 97.9 Å². The van der Waals surface area contributed by atoms with Gasteiger partial charge in [-0.3, -0.25) is 0 Å². The SMILES string of the molecule is O=C(O)NC1CCc2cccc(Cl)c2C1O. The van der Waals surface area contributed by atoms with Gasteiger partial charge in [0.2, 0.25) is 0 Å². The average molecular weight is 242 g/mol. The predicted molar refractivity (Wildman–Crippen MR) is 59.7 cm³/mol. The van der Waals surface area contributed by atoms with Crippen LogP contribution in [0.3, 0.4) is 0 Å². The van der Waals surface area contributed by atoms with E-state index in [-0.39, 0.29) is 0 Å². The van der Waals surface area contributed by atoms with E-state index in [1.165, 1.54) is 0 Å². The smallest absolute Gasteiger partial charge is 0.404 e. The molecule has 0 spiro atoms. The summed E-state index contributed by atoms with van der Waals surface area (Å²) in [5, 5.41) is 21.5. The molecule has 2 atom stereocenters. The van der Waals surface area contributed by atoms with E-state index in [2.05, 4.69) is 5.32 Å². The number of nitrogens with one attached hydrogen (secondary N) is 1. The number of carbonyl (C=O) groups is 1. The van der Waals surface area contributed by atoms with Crippen molar-refractivity contribution in [1.29, 1.82) is 0 Å². The summed E-state index contributed by atoms with van der Waals surface area (Å²) in [7, 11) is 0. The monoisotopic (exact) mass is 241 g/mol. The summed E-state index contributed by atoms with van der Waals surface area (Å²) < 4.78 is 0. The third kappa shape index (κ3) is 1.99. The van der Waals surface area contributed by atoms with Gasteiger partial charge in [0, 0.05) is 10.6 Å². The highest BCUT2D eigenvalue weighted by Gasteiger charge is 2.30. The van der Waals surface area contributed by atoms with Crippen molar-refractivity contribution in [2.45, 2.75) is 25.0 Å². The molecule has 0 aliphatic heterocycles. The number of hydrogen-bond acceptors (Lipinski definition) is 2. The van der Waals surface area contributed by atoms with Crippen molar-refractivity contribution in [2.75, 3.05) is 0 Å². The van der Waals surface area contributed by atoms with Crippen LogP contribution in [0.5, 0.6) is 0 Å². The van der Waals surface area contributed by atoms with Crippen molar-refractivity contribution in [3.8, 4) is 0 Å². The van der Waals surface area contributed by atoms with Crippen molar-refractivity contribution >= 4 is 17.7 Å². The van der Waals surface area contributed by atoms with Crippen LogP contribution in [0, 0.1) is 0 Å². The van der Waals surface area contributed by atoms with Crippen LogP contribution in [0.2, 0.25) is 5.02 Å². The second-order valence-corrected chi connectivity index (χ2v) is 4.26. The molecule has 1 aromatic rings. The first kappa shape index (κ1) is 11.2. The molecule has 0 heterocycles. The topological polar surface area (TPSA) is 69.6 Å². The number of aliphatic hydroxyl groups is 1. The number of fused-ring (bicyclic) bond motifs is 1. The summed E-state index contributed by atoms with van der Waals surface area (Å²) >= 11 is 6.00. The van der Waals surface area contributed by atoms with Gasteiger partial charge >= 0.3 is 6.09 Å². The van der Waals surface area contributed by atoms with Crippen molar-refractivity contribution in [1.82, 2.24) is 5.32 Å². The molecule has 4 nitrogen and oxygen atoms in total. The molecule has 0 aromatic heterocycles. The maximum Gasteiger partial charge on any atom is 0.404 e. The zero-order chi connectivity index (χ0) is 11.7. The minimum Gasteiger partial charge on any atom is -0.465 e. The number of aryl methyl sites for hydroxylation is 1. The first-order valence-electron chi connectivity index (χ1n) is 5.04. The predicted octanol–water partition coefficient (Wildman–Crippen LogP) is 1.96. The van der Waals surface area contributed by atoms with Crippen LogP contribution < -0.4 is 5.32 Å². The fraction of sp³-hybridized carbons (Fsp3) is 0.364. The molecule has 3 N–H and O–H groups in total. The number of aliphatic hydroxyl groups excluding tert-OH is 1. The van der Waals surface area contributed by atoms with E-state index in [1.807, 2.05) is 12.1 Å². The molecule has 0 saturated heterocycles. The highest BCUT2D eigenvalue weighted by Crippen LogP contribution is 2.34. The minimum absolute atomic E-state index is 0.482. The van der Waals surface area contributed by atoms with Gasteiger partial charge in [0.1, 0.15) is 6.10 Å². The second-order valence-electron chi connectivity index (χ2n) is 3.85. The zero-order valence-corrected chi connectivity index (χ0v) is 9.24. The molecule has 1 aliphatic rings. The summed E-state index contributed by atoms with van der Waals surface area (Å²) in [6, 6.07) is 4.96. The molecule has 2 rings (SSSR count). The van der Waals surface area contributed by atoms with Crippen LogP contribution in [0.4, 0.5) is 4.79 Å².